The summed E-state index contributed by atoms with van der Waals surface area (Å²) in [4.78, 5) is 0.177. The zero-order valence-corrected chi connectivity index (χ0v) is 13.0. The van der Waals surface area contributed by atoms with Crippen LogP contribution in [0.4, 0.5) is 5.69 Å². The molecule has 2 aromatic rings. The fourth-order valence-corrected chi connectivity index (χ4v) is 3.31. The fraction of sp³-hybridized carbons (Fsp3) is 0.250. The standard InChI is InChI=1S/C16H19NO3S/c1-3-13-7-9-15(10-8-13)17(2)21(19,20)16-6-4-5-14(11-16)12-18/h4-11,18H,3,12H2,1-2H3. The van der Waals surface area contributed by atoms with Crippen molar-refractivity contribution in [2.75, 3.05) is 11.4 Å². The molecular weight excluding hydrogens is 286 g/mol. The molecule has 0 heterocycles. The lowest BCUT2D eigenvalue weighted by atomic mass is 10.1. The van der Waals surface area contributed by atoms with Gasteiger partial charge in [0.25, 0.3) is 10.0 Å². The van der Waals surface area contributed by atoms with Crippen LogP contribution in [-0.4, -0.2) is 20.6 Å². The second-order valence-electron chi connectivity index (χ2n) is 4.80. The van der Waals surface area contributed by atoms with Crippen LogP contribution in [0.15, 0.2) is 53.4 Å². The van der Waals surface area contributed by atoms with Crippen LogP contribution in [0.3, 0.4) is 0 Å². The molecule has 112 valence electrons. The molecular formula is C16H19NO3S. The molecule has 1 N–H and O–H groups in total. The lowest BCUT2D eigenvalue weighted by molar-refractivity contribution is 0.281. The smallest absolute Gasteiger partial charge is 0.264 e. The van der Waals surface area contributed by atoms with Crippen LogP contribution in [-0.2, 0) is 23.1 Å². The molecule has 0 fully saturated rings. The Hall–Kier alpha value is -1.85. The average molecular weight is 305 g/mol. The first-order valence-corrected chi connectivity index (χ1v) is 8.20. The summed E-state index contributed by atoms with van der Waals surface area (Å²) in [6.45, 7) is 1.87. The predicted molar refractivity (Wildman–Crippen MR) is 83.8 cm³/mol. The molecule has 0 saturated heterocycles. The summed E-state index contributed by atoms with van der Waals surface area (Å²) < 4.78 is 26.5. The van der Waals surface area contributed by atoms with E-state index in [4.69, 9.17) is 5.11 Å². The van der Waals surface area contributed by atoms with Crippen LogP contribution in [0.25, 0.3) is 0 Å². The summed E-state index contributed by atoms with van der Waals surface area (Å²) in [5, 5.41) is 9.13. The van der Waals surface area contributed by atoms with Crippen LogP contribution < -0.4 is 4.31 Å². The second kappa shape index (κ2) is 6.28. The van der Waals surface area contributed by atoms with E-state index in [1.807, 2.05) is 12.1 Å². The van der Waals surface area contributed by atoms with Crippen molar-refractivity contribution in [2.24, 2.45) is 0 Å². The van der Waals surface area contributed by atoms with E-state index in [2.05, 4.69) is 6.92 Å². The SMILES string of the molecule is CCc1ccc(N(C)S(=O)(=O)c2cccc(CO)c2)cc1. The maximum atomic E-state index is 12.6. The topological polar surface area (TPSA) is 57.6 Å². The van der Waals surface area contributed by atoms with Crippen molar-refractivity contribution in [1.82, 2.24) is 0 Å². The number of nitrogens with zero attached hydrogens (tertiary/aromatic N) is 1. The average Bonchev–Trinajstić information content (AvgIpc) is 2.54. The van der Waals surface area contributed by atoms with Crippen LogP contribution in [0.5, 0.6) is 0 Å². The Morgan fingerprint density at radius 2 is 1.71 bits per heavy atom. The first kappa shape index (κ1) is 15.5. The van der Waals surface area contributed by atoms with Crippen molar-refractivity contribution >= 4 is 15.7 Å². The van der Waals surface area contributed by atoms with Gasteiger partial charge in [0.15, 0.2) is 0 Å². The summed E-state index contributed by atoms with van der Waals surface area (Å²) in [5.41, 5.74) is 2.35. The molecule has 0 bridgehead atoms. The van der Waals surface area contributed by atoms with Crippen LogP contribution >= 0.6 is 0 Å². The van der Waals surface area contributed by atoms with E-state index in [1.165, 1.54) is 23.5 Å². The van der Waals surface area contributed by atoms with Gasteiger partial charge in [-0.15, -0.1) is 0 Å². The highest BCUT2D eigenvalue weighted by molar-refractivity contribution is 7.92. The summed E-state index contributed by atoms with van der Waals surface area (Å²) in [6.07, 6.45) is 0.912. The predicted octanol–water partition coefficient (Wildman–Crippen LogP) is 2.57. The van der Waals surface area contributed by atoms with E-state index >= 15 is 0 Å². The molecule has 0 saturated carbocycles. The molecule has 0 amide bonds. The molecule has 0 radical (unpaired) electrons. The molecule has 0 atom stereocenters. The Morgan fingerprint density at radius 1 is 1.05 bits per heavy atom. The van der Waals surface area contributed by atoms with Crippen LogP contribution in [0.2, 0.25) is 0 Å². The first-order chi connectivity index (χ1) is 9.98. The zero-order valence-electron chi connectivity index (χ0n) is 12.2. The van der Waals surface area contributed by atoms with Gasteiger partial charge in [0.05, 0.1) is 17.2 Å². The number of sulfonamides is 1. The summed E-state index contributed by atoms with van der Waals surface area (Å²) in [7, 11) is -2.09. The Kier molecular flexibility index (Phi) is 4.65. The van der Waals surface area contributed by atoms with Crippen LogP contribution in [0.1, 0.15) is 18.1 Å². The van der Waals surface area contributed by atoms with Gasteiger partial charge < -0.3 is 5.11 Å². The Bertz CT molecular complexity index is 709. The van der Waals surface area contributed by atoms with Gasteiger partial charge in [0.1, 0.15) is 0 Å². The quantitative estimate of drug-likeness (QED) is 0.923. The van der Waals surface area contributed by atoms with Crippen molar-refractivity contribution in [3.8, 4) is 0 Å². The minimum Gasteiger partial charge on any atom is -0.392 e. The molecule has 4 nitrogen and oxygen atoms in total. The van der Waals surface area contributed by atoms with Crippen molar-refractivity contribution in [3.63, 3.8) is 0 Å². The number of anilines is 1. The van der Waals surface area contributed by atoms with Crippen molar-refractivity contribution in [3.05, 3.63) is 59.7 Å². The maximum Gasteiger partial charge on any atom is 0.264 e. The van der Waals surface area contributed by atoms with Crippen molar-refractivity contribution < 1.29 is 13.5 Å². The lowest BCUT2D eigenvalue weighted by Gasteiger charge is -2.20. The largest absolute Gasteiger partial charge is 0.392 e. The number of hydrogen-bond donors (Lipinski definition) is 1. The van der Waals surface area contributed by atoms with Crippen molar-refractivity contribution in [2.45, 2.75) is 24.8 Å². The minimum atomic E-state index is -3.62. The Balaban J connectivity index is 2.37. The third-order valence-electron chi connectivity index (χ3n) is 3.45. The van der Waals surface area contributed by atoms with E-state index in [1.54, 1.807) is 24.3 Å². The van der Waals surface area contributed by atoms with Gasteiger partial charge in [0.2, 0.25) is 0 Å². The lowest BCUT2D eigenvalue weighted by Crippen LogP contribution is -2.26. The highest BCUT2D eigenvalue weighted by Crippen LogP contribution is 2.23. The number of benzene rings is 2. The Labute approximate surface area is 125 Å². The molecule has 0 aliphatic heterocycles. The maximum absolute atomic E-state index is 12.6. The molecule has 0 unspecified atom stereocenters. The monoisotopic (exact) mass is 305 g/mol. The molecule has 5 heteroatoms. The fourth-order valence-electron chi connectivity index (χ4n) is 2.04. The highest BCUT2D eigenvalue weighted by Gasteiger charge is 2.21. The number of rotatable bonds is 5. The first-order valence-electron chi connectivity index (χ1n) is 6.76. The van der Waals surface area contributed by atoms with Crippen LogP contribution in [0, 0.1) is 0 Å². The van der Waals surface area contributed by atoms with Gasteiger partial charge in [-0.3, -0.25) is 4.31 Å². The molecule has 2 rings (SSSR count). The third kappa shape index (κ3) is 3.25. The number of aryl methyl sites for hydroxylation is 1. The van der Waals surface area contributed by atoms with Gasteiger partial charge >= 0.3 is 0 Å². The van der Waals surface area contributed by atoms with E-state index in [9.17, 15) is 8.42 Å². The summed E-state index contributed by atoms with van der Waals surface area (Å²) in [5.74, 6) is 0. The molecule has 0 aliphatic rings. The van der Waals surface area contributed by atoms with E-state index < -0.39 is 10.0 Å². The molecule has 0 aromatic heterocycles. The molecule has 0 spiro atoms. The van der Waals surface area contributed by atoms with E-state index in [0.29, 0.717) is 11.3 Å². The summed E-state index contributed by atoms with van der Waals surface area (Å²) in [6, 6.07) is 13.8. The molecule has 2 aromatic carbocycles. The van der Waals surface area contributed by atoms with Gasteiger partial charge in [-0.1, -0.05) is 31.2 Å². The van der Waals surface area contributed by atoms with E-state index in [-0.39, 0.29) is 11.5 Å². The van der Waals surface area contributed by atoms with Crippen molar-refractivity contribution in [1.29, 1.82) is 0 Å². The number of aliphatic hydroxyl groups excluding tert-OH is 1. The number of hydrogen-bond acceptors (Lipinski definition) is 3. The molecule has 21 heavy (non-hydrogen) atoms. The molecule has 0 aliphatic carbocycles. The van der Waals surface area contributed by atoms with E-state index in [0.717, 1.165) is 12.0 Å². The highest BCUT2D eigenvalue weighted by atomic mass is 32.2. The second-order valence-corrected chi connectivity index (χ2v) is 6.77. The number of aliphatic hydroxyl groups is 1. The summed E-state index contributed by atoms with van der Waals surface area (Å²) >= 11 is 0. The van der Waals surface area contributed by atoms with Gasteiger partial charge in [-0.05, 0) is 41.8 Å². The zero-order chi connectivity index (χ0) is 15.5. The minimum absolute atomic E-state index is 0.177. The van der Waals surface area contributed by atoms with Gasteiger partial charge in [-0.2, -0.15) is 0 Å². The van der Waals surface area contributed by atoms with Gasteiger partial charge in [0, 0.05) is 7.05 Å². The van der Waals surface area contributed by atoms with Gasteiger partial charge in [-0.25, -0.2) is 8.42 Å². The third-order valence-corrected chi connectivity index (χ3v) is 5.23. The normalized spacial score (nSPS) is 11.4. The Morgan fingerprint density at radius 3 is 2.29 bits per heavy atom.